The SMILES string of the molecule is CNC(=P)Nc1cc2n(n1)CCN2c1ccc2ncccc2c1. The van der Waals surface area contributed by atoms with E-state index in [1.807, 2.05) is 24.0 Å². The monoisotopic (exact) mass is 324 g/mol. The minimum Gasteiger partial charge on any atom is -0.326 e. The molecule has 0 saturated carbocycles. The van der Waals surface area contributed by atoms with Gasteiger partial charge in [-0.05, 0) is 31.3 Å². The summed E-state index contributed by atoms with van der Waals surface area (Å²) in [6, 6.07) is 12.5. The molecule has 0 amide bonds. The van der Waals surface area contributed by atoms with Crippen molar-refractivity contribution in [1.29, 1.82) is 0 Å². The Morgan fingerprint density at radius 1 is 1.22 bits per heavy atom. The first-order chi connectivity index (χ1) is 11.2. The molecule has 0 radical (unpaired) electrons. The Hall–Kier alpha value is -2.43. The van der Waals surface area contributed by atoms with Gasteiger partial charge in [-0.25, -0.2) is 4.68 Å². The number of hydrogen-bond donors (Lipinski definition) is 2. The largest absolute Gasteiger partial charge is 0.326 e. The summed E-state index contributed by atoms with van der Waals surface area (Å²) in [5, 5.41) is 11.9. The van der Waals surface area contributed by atoms with Gasteiger partial charge < -0.3 is 10.2 Å². The number of nitrogens with zero attached hydrogens (tertiary/aromatic N) is 4. The fourth-order valence-corrected chi connectivity index (χ4v) is 2.97. The predicted molar refractivity (Wildman–Crippen MR) is 97.0 cm³/mol. The lowest BCUT2D eigenvalue weighted by atomic mass is 10.2. The summed E-state index contributed by atoms with van der Waals surface area (Å²) in [4.78, 5) is 6.65. The molecule has 23 heavy (non-hydrogen) atoms. The lowest BCUT2D eigenvalue weighted by molar-refractivity contribution is 0.696. The quantitative estimate of drug-likeness (QED) is 0.722. The van der Waals surface area contributed by atoms with Crippen LogP contribution in [0.4, 0.5) is 17.3 Å². The molecule has 0 saturated heterocycles. The number of aromatic nitrogens is 3. The van der Waals surface area contributed by atoms with E-state index in [1.54, 1.807) is 0 Å². The number of hydrogen-bond acceptors (Lipinski definition) is 3. The molecule has 7 heteroatoms. The zero-order valence-electron chi connectivity index (χ0n) is 12.7. The van der Waals surface area contributed by atoms with Crippen LogP contribution in [0.1, 0.15) is 0 Å². The zero-order valence-corrected chi connectivity index (χ0v) is 13.7. The van der Waals surface area contributed by atoms with Gasteiger partial charge in [0.05, 0.1) is 12.1 Å². The highest BCUT2D eigenvalue weighted by molar-refractivity contribution is 7.21. The van der Waals surface area contributed by atoms with Gasteiger partial charge in [-0.2, -0.15) is 5.10 Å². The third kappa shape index (κ3) is 2.56. The number of rotatable bonds is 4. The molecule has 3 heterocycles. The third-order valence-corrected chi connectivity index (χ3v) is 4.35. The molecular formula is C16H17N6P. The predicted octanol–water partition coefficient (Wildman–Crippen LogP) is 2.44. The zero-order chi connectivity index (χ0) is 15.8. The van der Waals surface area contributed by atoms with Crippen LogP contribution in [-0.2, 0) is 6.54 Å². The van der Waals surface area contributed by atoms with Gasteiger partial charge in [0, 0.05) is 29.9 Å². The van der Waals surface area contributed by atoms with E-state index >= 15 is 0 Å². The highest BCUT2D eigenvalue weighted by atomic mass is 31.0. The van der Waals surface area contributed by atoms with E-state index < -0.39 is 0 Å². The van der Waals surface area contributed by atoms with Crippen LogP contribution in [0.5, 0.6) is 0 Å². The molecule has 0 spiro atoms. The lowest BCUT2D eigenvalue weighted by Gasteiger charge is -2.17. The maximum absolute atomic E-state index is 4.58. The Morgan fingerprint density at radius 3 is 3.00 bits per heavy atom. The van der Waals surface area contributed by atoms with Crippen LogP contribution >= 0.6 is 8.86 Å². The number of pyridine rings is 1. The molecule has 1 aliphatic rings. The molecule has 2 N–H and O–H groups in total. The molecule has 0 fully saturated rings. The van der Waals surface area contributed by atoms with Gasteiger partial charge in [-0.3, -0.25) is 10.3 Å². The van der Waals surface area contributed by atoms with Crippen molar-refractivity contribution in [3.05, 3.63) is 42.6 Å². The molecule has 1 aromatic carbocycles. The molecule has 6 nitrogen and oxygen atoms in total. The van der Waals surface area contributed by atoms with Crippen molar-refractivity contribution < 1.29 is 0 Å². The second-order valence-corrected chi connectivity index (χ2v) is 5.89. The van der Waals surface area contributed by atoms with Gasteiger partial charge in [-0.1, -0.05) is 14.9 Å². The van der Waals surface area contributed by atoms with E-state index in [0.717, 1.165) is 46.9 Å². The van der Waals surface area contributed by atoms with Gasteiger partial charge in [0.1, 0.15) is 11.4 Å². The molecule has 1 aliphatic heterocycles. The van der Waals surface area contributed by atoms with E-state index in [0.29, 0.717) is 0 Å². The summed E-state index contributed by atoms with van der Waals surface area (Å²) < 4.78 is 2.02. The van der Waals surface area contributed by atoms with E-state index in [1.165, 1.54) is 0 Å². The summed E-state index contributed by atoms with van der Waals surface area (Å²) in [5.41, 5.74) is 2.95. The van der Waals surface area contributed by atoms with Crippen molar-refractivity contribution in [3.8, 4) is 0 Å². The van der Waals surface area contributed by atoms with Crippen LogP contribution in [0, 0.1) is 0 Å². The first-order valence-electron chi connectivity index (χ1n) is 7.48. The molecular weight excluding hydrogens is 307 g/mol. The molecule has 0 unspecified atom stereocenters. The Bertz CT molecular complexity index is 887. The first-order valence-corrected chi connectivity index (χ1v) is 7.98. The van der Waals surface area contributed by atoms with Crippen LogP contribution in [-0.4, -0.2) is 33.9 Å². The number of anilines is 3. The van der Waals surface area contributed by atoms with Crippen molar-refractivity contribution in [2.45, 2.75) is 6.54 Å². The summed E-state index contributed by atoms with van der Waals surface area (Å²) in [5.74, 6) is 1.90. The second-order valence-electron chi connectivity index (χ2n) is 5.39. The molecule has 3 aromatic rings. The number of nitrogens with one attached hydrogen (secondary N) is 2. The maximum atomic E-state index is 4.58. The van der Waals surface area contributed by atoms with Gasteiger partial charge in [-0.15, -0.1) is 0 Å². The van der Waals surface area contributed by atoms with Crippen molar-refractivity contribution in [1.82, 2.24) is 20.1 Å². The Balaban J connectivity index is 1.67. The van der Waals surface area contributed by atoms with Gasteiger partial charge >= 0.3 is 0 Å². The average Bonchev–Trinajstić information content (AvgIpc) is 3.14. The van der Waals surface area contributed by atoms with Gasteiger partial charge in [0.25, 0.3) is 0 Å². The summed E-state index contributed by atoms with van der Waals surface area (Å²) in [6.45, 7) is 1.80. The van der Waals surface area contributed by atoms with E-state index in [-0.39, 0.29) is 0 Å². The van der Waals surface area contributed by atoms with Gasteiger partial charge in [0.15, 0.2) is 5.82 Å². The molecule has 0 atom stereocenters. The maximum Gasteiger partial charge on any atom is 0.155 e. The highest BCUT2D eigenvalue weighted by Gasteiger charge is 2.23. The molecule has 0 bridgehead atoms. The summed E-state index contributed by atoms with van der Waals surface area (Å²) in [7, 11) is 5.29. The van der Waals surface area contributed by atoms with Crippen molar-refractivity contribution in [2.24, 2.45) is 0 Å². The van der Waals surface area contributed by atoms with Gasteiger partial charge in [0.2, 0.25) is 0 Å². The molecule has 116 valence electrons. The van der Waals surface area contributed by atoms with Crippen LogP contribution < -0.4 is 15.5 Å². The molecule has 2 aromatic heterocycles. The van der Waals surface area contributed by atoms with Crippen LogP contribution in [0.15, 0.2) is 42.6 Å². The minimum absolute atomic E-state index is 0.783. The number of benzene rings is 1. The Kier molecular flexibility index (Phi) is 3.48. The lowest BCUT2D eigenvalue weighted by Crippen LogP contribution is -2.24. The van der Waals surface area contributed by atoms with E-state index in [9.17, 15) is 0 Å². The number of fused-ring (bicyclic) bond motifs is 2. The fourth-order valence-electron chi connectivity index (χ4n) is 2.84. The topological polar surface area (TPSA) is 58.0 Å². The van der Waals surface area contributed by atoms with Crippen LogP contribution in [0.3, 0.4) is 0 Å². The van der Waals surface area contributed by atoms with Crippen LogP contribution in [0.2, 0.25) is 0 Å². The fraction of sp³-hybridized carbons (Fsp3) is 0.188. The highest BCUT2D eigenvalue weighted by Crippen LogP contribution is 2.33. The average molecular weight is 324 g/mol. The van der Waals surface area contributed by atoms with Crippen molar-refractivity contribution in [3.63, 3.8) is 0 Å². The minimum atomic E-state index is 0.783. The second kappa shape index (κ2) is 5.65. The first kappa shape index (κ1) is 14.2. The van der Waals surface area contributed by atoms with Crippen LogP contribution in [0.25, 0.3) is 10.9 Å². The molecule has 4 rings (SSSR count). The summed E-state index contributed by atoms with van der Waals surface area (Å²) in [6.07, 6.45) is 1.82. The normalized spacial score (nSPS) is 13.3. The van der Waals surface area contributed by atoms with E-state index in [2.05, 4.69) is 64.8 Å². The van der Waals surface area contributed by atoms with Crippen molar-refractivity contribution in [2.75, 3.05) is 23.8 Å². The Morgan fingerprint density at radius 2 is 2.13 bits per heavy atom. The van der Waals surface area contributed by atoms with E-state index in [4.69, 9.17) is 0 Å². The third-order valence-electron chi connectivity index (χ3n) is 3.97. The van der Waals surface area contributed by atoms with Crippen molar-refractivity contribution >= 4 is 42.6 Å². The molecule has 0 aliphatic carbocycles. The standard InChI is InChI=1S/C16H17N6P/c1-17-16(23)19-14-10-15-21(7-8-22(15)20-14)12-4-5-13-11(9-12)3-2-6-18-13/h2-6,9-10,17,23H,7-8H2,1H3,(H,19,20). The Labute approximate surface area is 136 Å². The summed E-state index contributed by atoms with van der Waals surface area (Å²) >= 11 is 0. The smallest absolute Gasteiger partial charge is 0.155 e.